The Labute approximate surface area is 86.0 Å². The fourth-order valence-corrected chi connectivity index (χ4v) is 2.76. The van der Waals surface area contributed by atoms with Gasteiger partial charge in [-0.25, -0.2) is 0 Å². The molecule has 0 aromatic rings. The molecule has 0 bridgehead atoms. The monoisotopic (exact) mass is 199 g/mol. The van der Waals surface area contributed by atoms with Crippen molar-refractivity contribution in [1.82, 2.24) is 4.90 Å². The van der Waals surface area contributed by atoms with Gasteiger partial charge in [-0.05, 0) is 25.7 Å². The molecule has 3 heteroatoms. The average Bonchev–Trinajstić information content (AvgIpc) is 2.64. The zero-order valence-corrected chi connectivity index (χ0v) is 8.98. The lowest BCUT2D eigenvalue weighted by Gasteiger charge is -2.40. The molecule has 0 aromatic heterocycles. The van der Waals surface area contributed by atoms with E-state index in [1.54, 1.807) is 0 Å². The molecule has 1 saturated carbocycles. The fraction of sp³-hybridized carbons (Fsp3) is 1.00. The van der Waals surface area contributed by atoms with Crippen LogP contribution in [0.1, 0.15) is 32.6 Å². The van der Waals surface area contributed by atoms with Crippen molar-refractivity contribution in [3.63, 3.8) is 0 Å². The van der Waals surface area contributed by atoms with Crippen molar-refractivity contribution in [2.75, 3.05) is 19.8 Å². The van der Waals surface area contributed by atoms with Gasteiger partial charge in [0.2, 0.25) is 0 Å². The standard InChI is InChI=1S/C11H21NO2/c1-2-9-8-14-7-6-12(9)10-4-3-5-11(10)13/h9-11,13H,2-8H2,1H3/t9?,10-,11-/m0/s1. The lowest BCUT2D eigenvalue weighted by atomic mass is 10.1. The molecule has 1 heterocycles. The molecule has 1 saturated heterocycles. The van der Waals surface area contributed by atoms with Gasteiger partial charge in [-0.1, -0.05) is 6.92 Å². The van der Waals surface area contributed by atoms with Crippen LogP contribution in [-0.2, 0) is 4.74 Å². The van der Waals surface area contributed by atoms with Crippen molar-refractivity contribution >= 4 is 0 Å². The predicted octanol–water partition coefficient (Wildman–Crippen LogP) is 1.01. The Morgan fingerprint density at radius 2 is 2.29 bits per heavy atom. The summed E-state index contributed by atoms with van der Waals surface area (Å²) in [6.07, 6.45) is 4.36. The molecule has 1 aliphatic heterocycles. The van der Waals surface area contributed by atoms with Crippen LogP contribution in [0.3, 0.4) is 0 Å². The van der Waals surface area contributed by atoms with Crippen LogP contribution in [0.4, 0.5) is 0 Å². The van der Waals surface area contributed by atoms with Crippen LogP contribution in [0, 0.1) is 0 Å². The highest BCUT2D eigenvalue weighted by molar-refractivity contribution is 4.89. The molecule has 0 amide bonds. The first-order valence-electron chi connectivity index (χ1n) is 5.84. The second-order valence-corrected chi connectivity index (χ2v) is 4.44. The molecular weight excluding hydrogens is 178 g/mol. The maximum Gasteiger partial charge on any atom is 0.0695 e. The average molecular weight is 199 g/mol. The molecule has 3 atom stereocenters. The minimum absolute atomic E-state index is 0.0952. The van der Waals surface area contributed by atoms with Crippen LogP contribution in [0.2, 0.25) is 0 Å². The van der Waals surface area contributed by atoms with Gasteiger partial charge in [0.25, 0.3) is 0 Å². The molecule has 0 radical (unpaired) electrons. The number of hydrogen-bond donors (Lipinski definition) is 1. The van der Waals surface area contributed by atoms with Gasteiger partial charge >= 0.3 is 0 Å². The number of nitrogens with zero attached hydrogens (tertiary/aromatic N) is 1. The highest BCUT2D eigenvalue weighted by atomic mass is 16.5. The Morgan fingerprint density at radius 3 is 2.93 bits per heavy atom. The van der Waals surface area contributed by atoms with E-state index in [0.29, 0.717) is 12.1 Å². The molecule has 0 spiro atoms. The summed E-state index contributed by atoms with van der Waals surface area (Å²) < 4.78 is 5.47. The van der Waals surface area contributed by atoms with Crippen LogP contribution in [-0.4, -0.2) is 48.0 Å². The van der Waals surface area contributed by atoms with Crippen molar-refractivity contribution in [2.24, 2.45) is 0 Å². The van der Waals surface area contributed by atoms with Crippen LogP contribution < -0.4 is 0 Å². The normalized spacial score (nSPS) is 40.3. The number of rotatable bonds is 2. The molecule has 2 fully saturated rings. The SMILES string of the molecule is CCC1COCCN1[C@H]1CCC[C@@H]1O. The van der Waals surface area contributed by atoms with E-state index in [-0.39, 0.29) is 6.10 Å². The summed E-state index contributed by atoms with van der Waals surface area (Å²) in [5.41, 5.74) is 0. The largest absolute Gasteiger partial charge is 0.391 e. The van der Waals surface area contributed by atoms with Crippen molar-refractivity contribution in [1.29, 1.82) is 0 Å². The lowest BCUT2D eigenvalue weighted by Crippen LogP contribution is -2.52. The Bertz CT molecular complexity index is 186. The molecule has 1 unspecified atom stereocenters. The molecule has 14 heavy (non-hydrogen) atoms. The van der Waals surface area contributed by atoms with E-state index in [4.69, 9.17) is 4.74 Å². The van der Waals surface area contributed by atoms with Gasteiger partial charge in [0.1, 0.15) is 0 Å². The van der Waals surface area contributed by atoms with E-state index in [1.165, 1.54) is 6.42 Å². The molecule has 2 aliphatic rings. The molecule has 1 aliphatic carbocycles. The Morgan fingerprint density at radius 1 is 1.43 bits per heavy atom. The third kappa shape index (κ3) is 1.95. The van der Waals surface area contributed by atoms with Gasteiger partial charge in [0, 0.05) is 18.6 Å². The van der Waals surface area contributed by atoms with E-state index >= 15 is 0 Å². The van der Waals surface area contributed by atoms with E-state index in [0.717, 1.165) is 39.0 Å². The number of aliphatic hydroxyl groups is 1. The second-order valence-electron chi connectivity index (χ2n) is 4.44. The van der Waals surface area contributed by atoms with Crippen LogP contribution in [0.25, 0.3) is 0 Å². The Hall–Kier alpha value is -0.120. The van der Waals surface area contributed by atoms with Gasteiger partial charge in [0.15, 0.2) is 0 Å². The van der Waals surface area contributed by atoms with Gasteiger partial charge in [0.05, 0.1) is 19.3 Å². The molecule has 1 N–H and O–H groups in total. The number of ether oxygens (including phenoxy) is 1. The van der Waals surface area contributed by atoms with Gasteiger partial charge in [-0.15, -0.1) is 0 Å². The molecule has 82 valence electrons. The van der Waals surface area contributed by atoms with Gasteiger partial charge in [-0.3, -0.25) is 4.90 Å². The second kappa shape index (κ2) is 4.60. The smallest absolute Gasteiger partial charge is 0.0695 e. The third-order valence-corrected chi connectivity index (χ3v) is 3.61. The predicted molar refractivity (Wildman–Crippen MR) is 55.2 cm³/mol. The van der Waals surface area contributed by atoms with Gasteiger partial charge < -0.3 is 9.84 Å². The quantitative estimate of drug-likeness (QED) is 0.720. The van der Waals surface area contributed by atoms with E-state index in [2.05, 4.69) is 11.8 Å². The van der Waals surface area contributed by atoms with Crippen molar-refractivity contribution in [3.8, 4) is 0 Å². The van der Waals surface area contributed by atoms with Crippen LogP contribution in [0.5, 0.6) is 0 Å². The molecular formula is C11H21NO2. The van der Waals surface area contributed by atoms with Crippen LogP contribution >= 0.6 is 0 Å². The number of morpholine rings is 1. The lowest BCUT2D eigenvalue weighted by molar-refractivity contribution is -0.0518. The zero-order chi connectivity index (χ0) is 9.97. The summed E-state index contributed by atoms with van der Waals surface area (Å²) in [7, 11) is 0. The van der Waals surface area contributed by atoms with Crippen molar-refractivity contribution in [2.45, 2.75) is 50.8 Å². The summed E-state index contributed by atoms with van der Waals surface area (Å²) in [6, 6.07) is 0.936. The fourth-order valence-electron chi connectivity index (χ4n) is 2.76. The zero-order valence-electron chi connectivity index (χ0n) is 8.98. The Kier molecular flexibility index (Phi) is 3.42. The number of hydrogen-bond acceptors (Lipinski definition) is 3. The highest BCUT2D eigenvalue weighted by Gasteiger charge is 2.35. The highest BCUT2D eigenvalue weighted by Crippen LogP contribution is 2.27. The summed E-state index contributed by atoms with van der Waals surface area (Å²) >= 11 is 0. The van der Waals surface area contributed by atoms with E-state index < -0.39 is 0 Å². The summed E-state index contributed by atoms with van der Waals surface area (Å²) in [5, 5.41) is 9.87. The van der Waals surface area contributed by atoms with E-state index in [1.807, 2.05) is 0 Å². The summed E-state index contributed by atoms with van der Waals surface area (Å²) in [6.45, 7) is 4.88. The third-order valence-electron chi connectivity index (χ3n) is 3.61. The van der Waals surface area contributed by atoms with Gasteiger partial charge in [-0.2, -0.15) is 0 Å². The molecule has 2 rings (SSSR count). The minimum atomic E-state index is -0.0952. The summed E-state index contributed by atoms with van der Waals surface area (Å²) in [4.78, 5) is 2.47. The van der Waals surface area contributed by atoms with Crippen molar-refractivity contribution < 1.29 is 9.84 Å². The topological polar surface area (TPSA) is 32.7 Å². The van der Waals surface area contributed by atoms with Crippen LogP contribution in [0.15, 0.2) is 0 Å². The first kappa shape index (κ1) is 10.4. The molecule has 3 nitrogen and oxygen atoms in total. The Balaban J connectivity index is 1.99. The maximum absolute atomic E-state index is 9.87. The summed E-state index contributed by atoms with van der Waals surface area (Å²) in [5.74, 6) is 0. The minimum Gasteiger partial charge on any atom is -0.391 e. The molecule has 0 aromatic carbocycles. The number of aliphatic hydroxyl groups excluding tert-OH is 1. The maximum atomic E-state index is 9.87. The van der Waals surface area contributed by atoms with Crippen molar-refractivity contribution in [3.05, 3.63) is 0 Å². The first-order valence-corrected chi connectivity index (χ1v) is 5.84. The first-order chi connectivity index (χ1) is 6.83. The van der Waals surface area contributed by atoms with E-state index in [9.17, 15) is 5.11 Å².